The number of morpholine rings is 1. The highest BCUT2D eigenvalue weighted by atomic mass is 16.5. The van der Waals surface area contributed by atoms with E-state index in [1.165, 1.54) is 0 Å². The minimum Gasteiger partial charge on any atom is -0.370 e. The summed E-state index contributed by atoms with van der Waals surface area (Å²) >= 11 is 0. The number of hydrogen-bond acceptors (Lipinski definition) is 3. The smallest absolute Gasteiger partial charge is 0.317 e. The number of ether oxygens (including phenoxy) is 1. The standard InChI is InChI=1S/C20H29N3O3/c1-13(2)9-21-19(24)17-8-16-11-23(12-18(17)26-16)20(25)22-10-15-7-5-4-6-14(15)3/h4-7,13,16-18H,8-12H2,1-3H3,(H,21,24)(H,22,25). The summed E-state index contributed by atoms with van der Waals surface area (Å²) < 4.78 is 5.92. The highest BCUT2D eigenvalue weighted by molar-refractivity contribution is 5.80. The van der Waals surface area contributed by atoms with E-state index in [-0.39, 0.29) is 30.1 Å². The second-order valence-electron chi connectivity index (χ2n) is 7.77. The molecule has 6 heteroatoms. The van der Waals surface area contributed by atoms with Crippen molar-refractivity contribution in [2.75, 3.05) is 19.6 Å². The van der Waals surface area contributed by atoms with Crippen molar-refractivity contribution in [3.05, 3.63) is 35.4 Å². The van der Waals surface area contributed by atoms with E-state index in [9.17, 15) is 9.59 Å². The number of aryl methyl sites for hydroxylation is 1. The van der Waals surface area contributed by atoms with Crippen LogP contribution in [0.2, 0.25) is 0 Å². The topological polar surface area (TPSA) is 70.7 Å². The van der Waals surface area contributed by atoms with Crippen LogP contribution in [0, 0.1) is 18.8 Å². The Morgan fingerprint density at radius 1 is 1.23 bits per heavy atom. The maximum absolute atomic E-state index is 12.6. The predicted octanol–water partition coefficient (Wildman–Crippen LogP) is 2.07. The van der Waals surface area contributed by atoms with Crippen LogP contribution in [0.15, 0.2) is 24.3 Å². The lowest BCUT2D eigenvalue weighted by Crippen LogP contribution is -2.51. The zero-order chi connectivity index (χ0) is 18.7. The molecular weight excluding hydrogens is 330 g/mol. The number of nitrogens with one attached hydrogen (secondary N) is 2. The van der Waals surface area contributed by atoms with Gasteiger partial charge < -0.3 is 20.3 Å². The van der Waals surface area contributed by atoms with Crippen molar-refractivity contribution in [3.63, 3.8) is 0 Å². The fourth-order valence-corrected chi connectivity index (χ4v) is 3.63. The summed E-state index contributed by atoms with van der Waals surface area (Å²) in [6.07, 6.45) is 0.439. The van der Waals surface area contributed by atoms with Gasteiger partial charge >= 0.3 is 6.03 Å². The fraction of sp³-hybridized carbons (Fsp3) is 0.600. The van der Waals surface area contributed by atoms with Crippen LogP contribution < -0.4 is 10.6 Å². The van der Waals surface area contributed by atoms with Crippen molar-refractivity contribution in [3.8, 4) is 0 Å². The first kappa shape index (κ1) is 18.7. The quantitative estimate of drug-likeness (QED) is 0.845. The number of benzene rings is 1. The van der Waals surface area contributed by atoms with Gasteiger partial charge in [-0.3, -0.25) is 4.79 Å². The number of likely N-dealkylation sites (tertiary alicyclic amines) is 1. The molecule has 2 heterocycles. The van der Waals surface area contributed by atoms with Crippen LogP contribution in [0.25, 0.3) is 0 Å². The van der Waals surface area contributed by atoms with Crippen molar-refractivity contribution < 1.29 is 14.3 Å². The van der Waals surface area contributed by atoms with Gasteiger partial charge in [0.2, 0.25) is 5.91 Å². The average molecular weight is 359 g/mol. The maximum Gasteiger partial charge on any atom is 0.317 e. The Bertz CT molecular complexity index is 661. The Kier molecular flexibility index (Phi) is 5.81. The molecule has 1 aromatic carbocycles. The second kappa shape index (κ2) is 8.08. The number of carbonyl (C=O) groups excluding carboxylic acids is 2. The summed E-state index contributed by atoms with van der Waals surface area (Å²) in [5.74, 6) is 0.311. The first-order chi connectivity index (χ1) is 12.4. The van der Waals surface area contributed by atoms with Gasteiger partial charge in [0.05, 0.1) is 18.1 Å². The maximum atomic E-state index is 12.6. The number of hydrogen-bond donors (Lipinski definition) is 2. The third-order valence-electron chi connectivity index (χ3n) is 5.16. The number of fused-ring (bicyclic) bond motifs is 2. The lowest BCUT2D eigenvalue weighted by atomic mass is 9.99. The number of urea groups is 1. The Hall–Kier alpha value is -2.08. The fourth-order valence-electron chi connectivity index (χ4n) is 3.63. The molecule has 3 rings (SSSR count). The first-order valence-corrected chi connectivity index (χ1v) is 9.44. The van der Waals surface area contributed by atoms with Gasteiger partial charge in [0.15, 0.2) is 0 Å². The van der Waals surface area contributed by atoms with Crippen molar-refractivity contribution in [2.24, 2.45) is 11.8 Å². The van der Waals surface area contributed by atoms with Crippen molar-refractivity contribution in [2.45, 2.75) is 45.9 Å². The van der Waals surface area contributed by atoms with Crippen LogP contribution in [0.5, 0.6) is 0 Å². The van der Waals surface area contributed by atoms with Crippen molar-refractivity contribution >= 4 is 11.9 Å². The summed E-state index contributed by atoms with van der Waals surface area (Å²) in [6.45, 7) is 8.38. The molecule has 3 amide bonds. The van der Waals surface area contributed by atoms with Crippen molar-refractivity contribution in [1.29, 1.82) is 0 Å². The molecule has 2 N–H and O–H groups in total. The molecule has 0 aromatic heterocycles. The second-order valence-corrected chi connectivity index (χ2v) is 7.77. The van der Waals surface area contributed by atoms with Crippen LogP contribution in [0.3, 0.4) is 0 Å². The van der Waals surface area contributed by atoms with Gasteiger partial charge in [-0.05, 0) is 30.4 Å². The van der Waals surface area contributed by atoms with E-state index in [1.54, 1.807) is 4.90 Å². The summed E-state index contributed by atoms with van der Waals surface area (Å²) in [4.78, 5) is 26.7. The minimum absolute atomic E-state index is 0.0484. The van der Waals surface area contributed by atoms with E-state index in [4.69, 9.17) is 4.74 Å². The van der Waals surface area contributed by atoms with Gasteiger partial charge in [0.25, 0.3) is 0 Å². The van der Waals surface area contributed by atoms with Crippen molar-refractivity contribution in [1.82, 2.24) is 15.5 Å². The Morgan fingerprint density at radius 2 is 2.00 bits per heavy atom. The molecule has 0 saturated carbocycles. The minimum atomic E-state index is -0.204. The molecule has 1 aromatic rings. The molecule has 0 spiro atoms. The lowest BCUT2D eigenvalue weighted by molar-refractivity contribution is -0.127. The van der Waals surface area contributed by atoms with E-state index >= 15 is 0 Å². The average Bonchev–Trinajstić information content (AvgIpc) is 2.92. The Morgan fingerprint density at radius 3 is 2.73 bits per heavy atom. The number of carbonyl (C=O) groups is 2. The van der Waals surface area contributed by atoms with E-state index in [2.05, 4.69) is 24.5 Å². The summed E-state index contributed by atoms with van der Waals surface area (Å²) in [6, 6.07) is 7.94. The molecule has 2 aliphatic rings. The van der Waals surface area contributed by atoms with E-state index in [0.717, 1.165) is 11.1 Å². The third kappa shape index (κ3) is 4.36. The summed E-state index contributed by atoms with van der Waals surface area (Å²) in [5, 5.41) is 5.99. The molecule has 6 nitrogen and oxygen atoms in total. The molecule has 2 fully saturated rings. The lowest BCUT2D eigenvalue weighted by Gasteiger charge is -2.32. The zero-order valence-corrected chi connectivity index (χ0v) is 15.8. The molecule has 3 unspecified atom stereocenters. The molecular formula is C20H29N3O3. The number of amides is 3. The monoisotopic (exact) mass is 359 g/mol. The highest BCUT2D eigenvalue weighted by Gasteiger charge is 2.45. The van der Waals surface area contributed by atoms with E-state index in [1.807, 2.05) is 31.2 Å². The van der Waals surface area contributed by atoms with Gasteiger partial charge in [0, 0.05) is 26.2 Å². The molecule has 26 heavy (non-hydrogen) atoms. The van der Waals surface area contributed by atoms with Gasteiger partial charge in [0.1, 0.15) is 0 Å². The zero-order valence-electron chi connectivity index (χ0n) is 15.8. The molecule has 2 aliphatic heterocycles. The molecule has 3 atom stereocenters. The first-order valence-electron chi connectivity index (χ1n) is 9.44. The highest BCUT2D eigenvalue weighted by Crippen LogP contribution is 2.32. The van der Waals surface area contributed by atoms with Crippen LogP contribution in [0.4, 0.5) is 4.79 Å². The van der Waals surface area contributed by atoms with Gasteiger partial charge in [-0.1, -0.05) is 38.1 Å². The van der Waals surface area contributed by atoms with Gasteiger partial charge in [-0.2, -0.15) is 0 Å². The van der Waals surface area contributed by atoms with Crippen LogP contribution in [0.1, 0.15) is 31.4 Å². The van der Waals surface area contributed by atoms with Crippen LogP contribution in [-0.2, 0) is 16.1 Å². The van der Waals surface area contributed by atoms with E-state index in [0.29, 0.717) is 38.5 Å². The Balaban J connectivity index is 1.53. The summed E-state index contributed by atoms with van der Waals surface area (Å²) in [7, 11) is 0. The van der Waals surface area contributed by atoms with E-state index < -0.39 is 0 Å². The number of rotatable bonds is 5. The molecule has 2 bridgehead atoms. The van der Waals surface area contributed by atoms with Crippen LogP contribution in [-0.4, -0.2) is 48.7 Å². The molecule has 0 aliphatic carbocycles. The van der Waals surface area contributed by atoms with Gasteiger partial charge in [-0.15, -0.1) is 0 Å². The SMILES string of the molecule is Cc1ccccc1CNC(=O)N1CC2CC(C(=O)NCC(C)C)C(C1)O2. The predicted molar refractivity (Wildman–Crippen MR) is 99.6 cm³/mol. The molecule has 142 valence electrons. The molecule has 2 saturated heterocycles. The molecule has 0 radical (unpaired) electrons. The largest absolute Gasteiger partial charge is 0.370 e. The number of nitrogens with zero attached hydrogens (tertiary/aromatic N) is 1. The normalized spacial score (nSPS) is 24.6. The van der Waals surface area contributed by atoms with Gasteiger partial charge in [-0.25, -0.2) is 4.79 Å². The Labute approximate surface area is 155 Å². The van der Waals surface area contributed by atoms with Crippen LogP contribution >= 0.6 is 0 Å². The third-order valence-corrected chi connectivity index (χ3v) is 5.16. The summed E-state index contributed by atoms with van der Waals surface area (Å²) in [5.41, 5.74) is 2.28.